The highest BCUT2D eigenvalue weighted by Gasteiger charge is 2.05. The molecule has 0 atom stereocenters. The lowest BCUT2D eigenvalue weighted by Gasteiger charge is -2.05. The van der Waals surface area contributed by atoms with E-state index >= 15 is 0 Å². The van der Waals surface area contributed by atoms with Crippen LogP contribution in [0, 0.1) is 0 Å². The van der Waals surface area contributed by atoms with Crippen LogP contribution in [0.2, 0.25) is 0 Å². The predicted molar refractivity (Wildman–Crippen MR) is 93.5 cm³/mol. The van der Waals surface area contributed by atoms with Gasteiger partial charge in [0.25, 0.3) is 0 Å². The van der Waals surface area contributed by atoms with Gasteiger partial charge in [0.15, 0.2) is 5.13 Å². The fraction of sp³-hybridized carbons (Fsp3) is 0.353. The van der Waals surface area contributed by atoms with Crippen molar-refractivity contribution in [3.05, 3.63) is 41.9 Å². The number of carbonyl (C=O) groups excluding carboxylic acids is 2. The normalized spacial score (nSPS) is 10.3. The predicted octanol–water partition coefficient (Wildman–Crippen LogP) is 4.06. The van der Waals surface area contributed by atoms with Crippen molar-refractivity contribution < 1.29 is 9.59 Å². The van der Waals surface area contributed by atoms with E-state index in [1.807, 2.05) is 35.7 Å². The highest BCUT2D eigenvalue weighted by atomic mass is 32.1. The molecule has 5 nitrogen and oxygen atoms in total. The Hall–Kier alpha value is -2.21. The van der Waals surface area contributed by atoms with Crippen molar-refractivity contribution in [3.63, 3.8) is 0 Å². The van der Waals surface area contributed by atoms with Crippen LogP contribution in [0.4, 0.5) is 10.8 Å². The minimum absolute atomic E-state index is 0.00164. The van der Waals surface area contributed by atoms with E-state index in [4.69, 9.17) is 0 Å². The number of unbranched alkanes of at least 4 members (excludes halogenated alkanes) is 3. The first-order valence-electron chi connectivity index (χ1n) is 7.78. The van der Waals surface area contributed by atoms with Gasteiger partial charge in [0.05, 0.1) is 0 Å². The van der Waals surface area contributed by atoms with Gasteiger partial charge in [-0.1, -0.05) is 31.0 Å². The van der Waals surface area contributed by atoms with E-state index in [2.05, 4.69) is 15.6 Å². The number of benzene rings is 1. The quantitative estimate of drug-likeness (QED) is 0.681. The molecule has 0 aliphatic carbocycles. The van der Waals surface area contributed by atoms with Gasteiger partial charge in [-0.05, 0) is 25.0 Å². The summed E-state index contributed by atoms with van der Waals surface area (Å²) in [6.07, 6.45) is 6.25. The van der Waals surface area contributed by atoms with E-state index in [0.717, 1.165) is 31.4 Å². The maximum Gasteiger partial charge on any atom is 0.226 e. The van der Waals surface area contributed by atoms with E-state index in [1.54, 1.807) is 6.20 Å². The van der Waals surface area contributed by atoms with E-state index in [0.29, 0.717) is 18.0 Å². The van der Waals surface area contributed by atoms with Gasteiger partial charge in [0.1, 0.15) is 0 Å². The molecule has 0 spiro atoms. The van der Waals surface area contributed by atoms with Crippen LogP contribution in [0.3, 0.4) is 0 Å². The van der Waals surface area contributed by atoms with Crippen LogP contribution in [-0.2, 0) is 9.59 Å². The van der Waals surface area contributed by atoms with Gasteiger partial charge in [-0.25, -0.2) is 4.98 Å². The van der Waals surface area contributed by atoms with Crippen LogP contribution in [0.1, 0.15) is 38.5 Å². The summed E-state index contributed by atoms with van der Waals surface area (Å²) < 4.78 is 0. The number of thiazole rings is 1. The topological polar surface area (TPSA) is 71.1 Å². The SMILES string of the molecule is O=C(CCCCCCC(=O)Nc1nccs1)Nc1ccccc1. The second kappa shape index (κ2) is 9.74. The lowest BCUT2D eigenvalue weighted by molar-refractivity contribution is -0.117. The first-order valence-corrected chi connectivity index (χ1v) is 8.66. The van der Waals surface area contributed by atoms with Gasteiger partial charge in [0.2, 0.25) is 11.8 Å². The summed E-state index contributed by atoms with van der Waals surface area (Å²) >= 11 is 1.41. The summed E-state index contributed by atoms with van der Waals surface area (Å²) in [7, 11) is 0. The largest absolute Gasteiger partial charge is 0.326 e. The van der Waals surface area contributed by atoms with Gasteiger partial charge in [-0.15, -0.1) is 11.3 Å². The Morgan fingerprint density at radius 1 is 0.913 bits per heavy atom. The Bertz CT molecular complexity index is 600. The lowest BCUT2D eigenvalue weighted by Crippen LogP contribution is -2.11. The molecule has 0 bridgehead atoms. The number of nitrogens with one attached hydrogen (secondary N) is 2. The minimum atomic E-state index is 0.00164. The van der Waals surface area contributed by atoms with E-state index in [1.165, 1.54) is 11.3 Å². The average Bonchev–Trinajstić information content (AvgIpc) is 3.04. The van der Waals surface area contributed by atoms with Crippen LogP contribution in [0.5, 0.6) is 0 Å². The molecule has 1 aromatic heterocycles. The zero-order chi connectivity index (χ0) is 16.3. The molecule has 0 unspecified atom stereocenters. The third kappa shape index (κ3) is 7.06. The van der Waals surface area contributed by atoms with Crippen molar-refractivity contribution in [2.24, 2.45) is 0 Å². The molecule has 2 N–H and O–H groups in total. The summed E-state index contributed by atoms with van der Waals surface area (Å²) in [4.78, 5) is 27.4. The molecular weight excluding hydrogens is 310 g/mol. The smallest absolute Gasteiger partial charge is 0.226 e. The molecule has 2 rings (SSSR count). The molecule has 122 valence electrons. The summed E-state index contributed by atoms with van der Waals surface area (Å²) in [5.74, 6) is 0.0412. The van der Waals surface area contributed by atoms with Crippen LogP contribution in [0.25, 0.3) is 0 Å². The first-order chi connectivity index (χ1) is 11.2. The molecule has 0 aliphatic rings. The van der Waals surface area contributed by atoms with Gasteiger partial charge >= 0.3 is 0 Å². The van der Waals surface area contributed by atoms with Gasteiger partial charge in [-0.2, -0.15) is 0 Å². The Labute approximate surface area is 140 Å². The van der Waals surface area contributed by atoms with Crippen molar-refractivity contribution in [2.75, 3.05) is 10.6 Å². The van der Waals surface area contributed by atoms with E-state index < -0.39 is 0 Å². The monoisotopic (exact) mass is 331 g/mol. The molecule has 1 heterocycles. The zero-order valence-electron chi connectivity index (χ0n) is 13.0. The van der Waals surface area contributed by atoms with Crippen LogP contribution >= 0.6 is 11.3 Å². The molecule has 0 radical (unpaired) electrons. The fourth-order valence-electron chi connectivity index (χ4n) is 2.14. The molecule has 0 fully saturated rings. The molecule has 0 saturated carbocycles. The van der Waals surface area contributed by atoms with Gasteiger partial charge < -0.3 is 10.6 Å². The third-order valence-electron chi connectivity index (χ3n) is 3.29. The Morgan fingerprint density at radius 3 is 2.17 bits per heavy atom. The van der Waals surface area contributed by atoms with E-state index in [-0.39, 0.29) is 11.8 Å². The average molecular weight is 331 g/mol. The molecule has 0 saturated heterocycles. The number of para-hydroxylation sites is 1. The minimum Gasteiger partial charge on any atom is -0.326 e. The molecule has 1 aromatic carbocycles. The number of nitrogens with zero attached hydrogens (tertiary/aromatic N) is 1. The molecular formula is C17H21N3O2S. The number of hydrogen-bond acceptors (Lipinski definition) is 4. The molecule has 6 heteroatoms. The second-order valence-electron chi connectivity index (χ2n) is 5.21. The lowest BCUT2D eigenvalue weighted by atomic mass is 10.1. The highest BCUT2D eigenvalue weighted by Crippen LogP contribution is 2.12. The molecule has 2 amide bonds. The number of amides is 2. The van der Waals surface area contributed by atoms with Crippen molar-refractivity contribution >= 4 is 34.0 Å². The maximum atomic E-state index is 11.8. The van der Waals surface area contributed by atoms with Crippen LogP contribution in [-0.4, -0.2) is 16.8 Å². The number of anilines is 2. The van der Waals surface area contributed by atoms with Crippen molar-refractivity contribution in [2.45, 2.75) is 38.5 Å². The Balaban J connectivity index is 1.49. The summed E-state index contributed by atoms with van der Waals surface area (Å²) in [5.41, 5.74) is 0.830. The van der Waals surface area contributed by atoms with Gasteiger partial charge in [0, 0.05) is 30.1 Å². The summed E-state index contributed by atoms with van der Waals surface area (Å²) in [5, 5.41) is 8.11. The standard InChI is InChI=1S/C17H21N3O2S/c21-15(19-14-8-4-3-5-9-14)10-6-1-2-7-11-16(22)20-17-18-12-13-23-17/h3-5,8-9,12-13H,1-2,6-7,10-11H2,(H,19,21)(H,18,20,22). The molecule has 0 aliphatic heterocycles. The fourth-order valence-corrected chi connectivity index (χ4v) is 2.68. The number of rotatable bonds is 9. The highest BCUT2D eigenvalue weighted by molar-refractivity contribution is 7.13. The van der Waals surface area contributed by atoms with Crippen molar-refractivity contribution in [1.29, 1.82) is 0 Å². The Morgan fingerprint density at radius 2 is 1.57 bits per heavy atom. The number of hydrogen-bond donors (Lipinski definition) is 2. The third-order valence-corrected chi connectivity index (χ3v) is 3.98. The first kappa shape index (κ1) is 17.1. The van der Waals surface area contributed by atoms with Gasteiger partial charge in [-0.3, -0.25) is 9.59 Å². The second-order valence-corrected chi connectivity index (χ2v) is 6.11. The number of carbonyl (C=O) groups is 2. The molecule has 23 heavy (non-hydrogen) atoms. The molecule has 2 aromatic rings. The van der Waals surface area contributed by atoms with Crippen molar-refractivity contribution in [1.82, 2.24) is 4.98 Å². The Kier molecular flexibility index (Phi) is 7.26. The zero-order valence-corrected chi connectivity index (χ0v) is 13.8. The van der Waals surface area contributed by atoms with Crippen molar-refractivity contribution in [3.8, 4) is 0 Å². The van der Waals surface area contributed by atoms with Crippen LogP contribution < -0.4 is 10.6 Å². The van der Waals surface area contributed by atoms with Crippen LogP contribution in [0.15, 0.2) is 41.9 Å². The maximum absolute atomic E-state index is 11.8. The van der Waals surface area contributed by atoms with E-state index in [9.17, 15) is 9.59 Å². The summed E-state index contributed by atoms with van der Waals surface area (Å²) in [6, 6.07) is 9.46. The number of aromatic nitrogens is 1. The summed E-state index contributed by atoms with van der Waals surface area (Å²) in [6.45, 7) is 0.